The second-order valence-corrected chi connectivity index (χ2v) is 10.7. The Labute approximate surface area is 152 Å². The highest BCUT2D eigenvalue weighted by Crippen LogP contribution is 2.39. The largest absolute Gasteiger partial charge is 0.0608 e. The highest BCUT2D eigenvalue weighted by molar-refractivity contribution is 5.39. The molecule has 0 heteroatoms. The maximum Gasteiger partial charge on any atom is -0.0102 e. The SMILES string of the molecule is CC(C)(C)C(=CC#CC#CC=C(C(C)(C)C)C(C)(C)C)C(C)(C)C. The first-order chi connectivity index (χ1) is 10.5. The molecule has 0 aromatic rings. The molecule has 0 heterocycles. The highest BCUT2D eigenvalue weighted by atomic mass is 14.3. The Bertz CT molecular complexity index is 511. The van der Waals surface area contributed by atoms with Gasteiger partial charge in [0.05, 0.1) is 0 Å². The molecular weight excluding hydrogens is 288 g/mol. The number of hydrogen-bond donors (Lipinski definition) is 0. The molecule has 0 amide bonds. The lowest BCUT2D eigenvalue weighted by atomic mass is 9.72. The van der Waals surface area contributed by atoms with Crippen molar-refractivity contribution in [2.24, 2.45) is 21.7 Å². The van der Waals surface area contributed by atoms with E-state index in [1.165, 1.54) is 11.1 Å². The minimum Gasteiger partial charge on any atom is -0.0608 e. The lowest BCUT2D eigenvalue weighted by Gasteiger charge is -2.33. The second-order valence-electron chi connectivity index (χ2n) is 10.7. The standard InChI is InChI=1S/C24H38/c1-21(2,3)19(22(4,5)6)17-15-13-14-16-18-20(23(7,8)9)24(10,11)12/h17-18H,1-12H3. The van der Waals surface area contributed by atoms with Crippen LogP contribution in [0.15, 0.2) is 23.3 Å². The number of rotatable bonds is 0. The molecule has 0 bridgehead atoms. The van der Waals surface area contributed by atoms with E-state index in [4.69, 9.17) is 0 Å². The van der Waals surface area contributed by atoms with Crippen LogP contribution in [0.4, 0.5) is 0 Å². The van der Waals surface area contributed by atoms with Crippen LogP contribution in [0.3, 0.4) is 0 Å². The Morgan fingerprint density at radius 1 is 0.458 bits per heavy atom. The molecular formula is C24H38. The molecule has 0 unspecified atom stereocenters. The summed E-state index contributed by atoms with van der Waals surface area (Å²) in [4.78, 5) is 0. The predicted molar refractivity (Wildman–Crippen MR) is 110 cm³/mol. The average molecular weight is 327 g/mol. The van der Waals surface area contributed by atoms with Gasteiger partial charge in [0.25, 0.3) is 0 Å². The molecule has 0 radical (unpaired) electrons. The Kier molecular flexibility index (Phi) is 7.21. The molecule has 0 aliphatic rings. The van der Waals surface area contributed by atoms with Crippen molar-refractivity contribution < 1.29 is 0 Å². The topological polar surface area (TPSA) is 0 Å². The van der Waals surface area contributed by atoms with Gasteiger partial charge in [0.1, 0.15) is 0 Å². The lowest BCUT2D eigenvalue weighted by molar-refractivity contribution is 0.362. The first-order valence-corrected chi connectivity index (χ1v) is 8.90. The molecule has 0 fully saturated rings. The van der Waals surface area contributed by atoms with Crippen molar-refractivity contribution in [3.05, 3.63) is 23.3 Å². The predicted octanol–water partition coefficient (Wildman–Crippen LogP) is 7.03. The highest BCUT2D eigenvalue weighted by Gasteiger charge is 2.28. The van der Waals surface area contributed by atoms with Crippen LogP contribution in [0.5, 0.6) is 0 Å². The minimum absolute atomic E-state index is 0.117. The second kappa shape index (κ2) is 7.66. The van der Waals surface area contributed by atoms with E-state index in [0.29, 0.717) is 0 Å². The fraction of sp³-hybridized carbons (Fsp3) is 0.667. The summed E-state index contributed by atoms with van der Waals surface area (Å²) < 4.78 is 0. The van der Waals surface area contributed by atoms with Crippen molar-refractivity contribution in [2.75, 3.05) is 0 Å². The third-order valence-electron chi connectivity index (χ3n) is 3.87. The lowest BCUT2D eigenvalue weighted by Crippen LogP contribution is -2.22. The summed E-state index contributed by atoms with van der Waals surface area (Å²) in [5.41, 5.74) is 3.17. The van der Waals surface area contributed by atoms with Crippen LogP contribution in [0.25, 0.3) is 0 Å². The van der Waals surface area contributed by atoms with Gasteiger partial charge in [-0.2, -0.15) is 0 Å². The van der Waals surface area contributed by atoms with E-state index in [2.05, 4.69) is 107 Å². The van der Waals surface area contributed by atoms with Crippen LogP contribution in [-0.4, -0.2) is 0 Å². The Balaban J connectivity index is 5.54. The number of allylic oxidation sites excluding steroid dienone is 4. The van der Waals surface area contributed by atoms with Crippen molar-refractivity contribution in [3.63, 3.8) is 0 Å². The van der Waals surface area contributed by atoms with E-state index in [9.17, 15) is 0 Å². The summed E-state index contributed by atoms with van der Waals surface area (Å²) >= 11 is 0. The minimum atomic E-state index is 0.117. The summed E-state index contributed by atoms with van der Waals surface area (Å²) in [6, 6.07) is 0. The van der Waals surface area contributed by atoms with E-state index in [1.807, 2.05) is 12.2 Å². The van der Waals surface area contributed by atoms with Crippen LogP contribution in [0.2, 0.25) is 0 Å². The Hall–Kier alpha value is -1.40. The van der Waals surface area contributed by atoms with Gasteiger partial charge in [0, 0.05) is 0 Å². The van der Waals surface area contributed by atoms with E-state index in [1.54, 1.807) is 0 Å². The molecule has 0 saturated carbocycles. The zero-order valence-corrected chi connectivity index (χ0v) is 18.2. The first kappa shape index (κ1) is 22.6. The third-order valence-corrected chi connectivity index (χ3v) is 3.87. The molecule has 0 N–H and O–H groups in total. The van der Waals surface area contributed by atoms with Gasteiger partial charge in [-0.3, -0.25) is 0 Å². The molecule has 0 atom stereocenters. The van der Waals surface area contributed by atoms with E-state index in [0.717, 1.165) is 0 Å². The van der Waals surface area contributed by atoms with Crippen molar-refractivity contribution in [2.45, 2.75) is 83.1 Å². The van der Waals surface area contributed by atoms with Crippen molar-refractivity contribution >= 4 is 0 Å². The van der Waals surface area contributed by atoms with Crippen molar-refractivity contribution in [1.29, 1.82) is 0 Å². The van der Waals surface area contributed by atoms with Crippen LogP contribution < -0.4 is 0 Å². The van der Waals surface area contributed by atoms with Gasteiger partial charge in [0.2, 0.25) is 0 Å². The van der Waals surface area contributed by atoms with Gasteiger partial charge in [0.15, 0.2) is 0 Å². The summed E-state index contributed by atoms with van der Waals surface area (Å²) in [6.07, 6.45) is 4.10. The summed E-state index contributed by atoms with van der Waals surface area (Å²) in [5, 5.41) is 0. The van der Waals surface area contributed by atoms with Gasteiger partial charge >= 0.3 is 0 Å². The first-order valence-electron chi connectivity index (χ1n) is 8.90. The van der Waals surface area contributed by atoms with Crippen molar-refractivity contribution in [1.82, 2.24) is 0 Å². The normalized spacial score (nSPS) is 12.3. The van der Waals surface area contributed by atoms with Gasteiger partial charge < -0.3 is 0 Å². The molecule has 0 aliphatic carbocycles. The zero-order valence-electron chi connectivity index (χ0n) is 18.2. The summed E-state index contributed by atoms with van der Waals surface area (Å²) in [7, 11) is 0. The molecule has 0 saturated heterocycles. The molecule has 0 nitrogen and oxygen atoms in total. The molecule has 134 valence electrons. The zero-order chi connectivity index (χ0) is 19.4. The quantitative estimate of drug-likeness (QED) is 0.419. The van der Waals surface area contributed by atoms with E-state index >= 15 is 0 Å². The molecule has 0 rings (SSSR count). The molecule has 0 aromatic carbocycles. The summed E-state index contributed by atoms with van der Waals surface area (Å²) in [6.45, 7) is 26.8. The Morgan fingerprint density at radius 3 is 0.833 bits per heavy atom. The molecule has 0 aliphatic heterocycles. The van der Waals surface area contributed by atoms with Gasteiger partial charge in [-0.15, -0.1) is 0 Å². The molecule has 0 spiro atoms. The van der Waals surface area contributed by atoms with E-state index in [-0.39, 0.29) is 21.7 Å². The van der Waals surface area contributed by atoms with Gasteiger partial charge in [-0.05, 0) is 45.7 Å². The fourth-order valence-electron chi connectivity index (χ4n) is 3.40. The maximum atomic E-state index is 3.13. The van der Waals surface area contributed by atoms with Crippen molar-refractivity contribution in [3.8, 4) is 23.7 Å². The van der Waals surface area contributed by atoms with Gasteiger partial charge in [-0.25, -0.2) is 0 Å². The molecule has 24 heavy (non-hydrogen) atoms. The van der Waals surface area contributed by atoms with Crippen LogP contribution in [-0.2, 0) is 0 Å². The maximum absolute atomic E-state index is 3.13. The average Bonchev–Trinajstić information content (AvgIpc) is 2.25. The van der Waals surface area contributed by atoms with Crippen LogP contribution >= 0.6 is 0 Å². The smallest absolute Gasteiger partial charge is 0.0102 e. The monoisotopic (exact) mass is 326 g/mol. The third kappa shape index (κ3) is 7.93. The fourth-order valence-corrected chi connectivity index (χ4v) is 3.40. The van der Waals surface area contributed by atoms with Crippen LogP contribution in [0, 0.1) is 45.3 Å². The van der Waals surface area contributed by atoms with Gasteiger partial charge in [-0.1, -0.05) is 106 Å². The molecule has 0 aromatic heterocycles. The Morgan fingerprint density at radius 2 is 0.667 bits per heavy atom. The van der Waals surface area contributed by atoms with Crippen LogP contribution in [0.1, 0.15) is 83.1 Å². The summed E-state index contributed by atoms with van der Waals surface area (Å²) in [5.74, 6) is 12.2. The van der Waals surface area contributed by atoms with E-state index < -0.39 is 0 Å². The number of hydrogen-bond acceptors (Lipinski definition) is 0.